The topological polar surface area (TPSA) is 110 Å². The van der Waals surface area contributed by atoms with Gasteiger partial charge in [-0.05, 0) is 24.3 Å². The molecule has 5 heterocycles. The summed E-state index contributed by atoms with van der Waals surface area (Å²) in [6, 6.07) is 6.92. The van der Waals surface area contributed by atoms with Gasteiger partial charge in [0.2, 0.25) is 0 Å². The predicted molar refractivity (Wildman–Crippen MR) is 120 cm³/mol. The van der Waals surface area contributed by atoms with Crippen molar-refractivity contribution in [1.82, 2.24) is 19.9 Å². The molecule has 0 saturated carbocycles. The van der Waals surface area contributed by atoms with Gasteiger partial charge in [-0.15, -0.1) is 0 Å². The zero-order chi connectivity index (χ0) is 20.5. The Hall–Kier alpha value is -3.34. The molecule has 1 aliphatic rings. The van der Waals surface area contributed by atoms with E-state index in [1.807, 2.05) is 0 Å². The van der Waals surface area contributed by atoms with Crippen LogP contribution in [-0.4, -0.2) is 19.9 Å². The normalized spacial score (nSPS) is 17.5. The fraction of sp³-hybridized carbons (Fsp3) is 0. The summed E-state index contributed by atoms with van der Waals surface area (Å²) in [5, 5.41) is 8.98. The van der Waals surface area contributed by atoms with Crippen LogP contribution in [0.15, 0.2) is 73.8 Å². The molecule has 0 aromatic carbocycles. The molecule has 148 valence electrons. The molecule has 4 aromatic rings. The van der Waals surface area contributed by atoms with Crippen molar-refractivity contribution in [2.45, 2.75) is 0 Å². The number of aromatic nitrogens is 4. The van der Waals surface area contributed by atoms with Gasteiger partial charge in [-0.2, -0.15) is 0 Å². The number of nitrogens with zero attached hydrogens (tertiary/aromatic N) is 4. The molecule has 0 fully saturated rings. The molecule has 0 saturated heterocycles. The molecule has 10 heteroatoms. The molecule has 0 aliphatic carbocycles. The number of hydrogen-bond donors (Lipinski definition) is 2. The lowest BCUT2D eigenvalue weighted by molar-refractivity contribution is 0.597. The van der Waals surface area contributed by atoms with Gasteiger partial charge in [0.15, 0.2) is 0 Å². The van der Waals surface area contributed by atoms with Crippen LogP contribution in [0.2, 0.25) is 0 Å². The van der Waals surface area contributed by atoms with E-state index in [0.29, 0.717) is 44.0 Å². The highest BCUT2D eigenvalue weighted by molar-refractivity contribution is 7.62. The highest BCUT2D eigenvalue weighted by atomic mass is 31.1. The first-order valence-electron chi connectivity index (χ1n) is 9.12. The zero-order valence-electron chi connectivity index (χ0n) is 15.5. The predicted octanol–water partition coefficient (Wildman–Crippen LogP) is 2.09. The van der Waals surface area contributed by atoms with Gasteiger partial charge in [0.25, 0.3) is 0 Å². The lowest BCUT2D eigenvalue weighted by Crippen LogP contribution is -2.20. The van der Waals surface area contributed by atoms with Gasteiger partial charge in [-0.25, -0.2) is 0 Å². The SMILES string of the molecule is O=[PH]1c2ccncc2Nc2cnccc2[PH](=O)c2ccncc2Nc2cnccc21. The van der Waals surface area contributed by atoms with E-state index in [4.69, 9.17) is 0 Å². The quantitative estimate of drug-likeness (QED) is 0.357. The summed E-state index contributed by atoms with van der Waals surface area (Å²) in [5.41, 5.74) is 2.35. The maximum absolute atomic E-state index is 13.6. The number of nitrogens with one attached hydrogen (secondary N) is 2. The van der Waals surface area contributed by atoms with Crippen LogP contribution in [0.1, 0.15) is 0 Å². The van der Waals surface area contributed by atoms with Crippen molar-refractivity contribution >= 4 is 59.6 Å². The molecule has 0 spiro atoms. The molecular weight excluding hydrogens is 418 g/mol. The second-order valence-electron chi connectivity index (χ2n) is 6.59. The highest BCUT2D eigenvalue weighted by Crippen LogP contribution is 2.33. The van der Waals surface area contributed by atoms with Crippen molar-refractivity contribution in [2.75, 3.05) is 10.6 Å². The molecule has 0 unspecified atom stereocenters. The second kappa shape index (κ2) is 7.82. The maximum Gasteiger partial charge on any atom is 0.136 e. The zero-order valence-corrected chi connectivity index (χ0v) is 17.5. The summed E-state index contributed by atoms with van der Waals surface area (Å²) in [6.45, 7) is 0. The summed E-state index contributed by atoms with van der Waals surface area (Å²) >= 11 is 0. The van der Waals surface area contributed by atoms with Crippen molar-refractivity contribution in [3.8, 4) is 0 Å². The Morgan fingerprint density at radius 2 is 0.767 bits per heavy atom. The first-order chi connectivity index (χ1) is 14.7. The average Bonchev–Trinajstić information content (AvgIpc) is 2.79. The third-order valence-electron chi connectivity index (χ3n) is 4.80. The minimum Gasteiger partial charge on any atom is -0.352 e. The minimum atomic E-state index is -2.41. The van der Waals surface area contributed by atoms with Crippen LogP contribution < -0.4 is 31.9 Å². The fourth-order valence-electron chi connectivity index (χ4n) is 3.35. The van der Waals surface area contributed by atoms with E-state index >= 15 is 0 Å². The minimum absolute atomic E-state index is 0.587. The van der Waals surface area contributed by atoms with Crippen molar-refractivity contribution in [2.24, 2.45) is 0 Å². The molecule has 1 aliphatic heterocycles. The Morgan fingerprint density at radius 1 is 0.500 bits per heavy atom. The molecule has 8 nitrogen and oxygen atoms in total. The molecule has 0 bridgehead atoms. The average molecular weight is 434 g/mol. The van der Waals surface area contributed by atoms with Crippen molar-refractivity contribution in [3.05, 3.63) is 73.8 Å². The van der Waals surface area contributed by atoms with Gasteiger partial charge < -0.3 is 19.8 Å². The van der Waals surface area contributed by atoms with Crippen molar-refractivity contribution in [1.29, 1.82) is 0 Å². The van der Waals surface area contributed by atoms with E-state index in [9.17, 15) is 9.13 Å². The Balaban J connectivity index is 1.79. The number of anilines is 4. The number of pyridine rings is 4. The fourth-order valence-corrected chi connectivity index (χ4v) is 6.32. The standard InChI is InChI=1S/C20H16N6O2P2/c27-29-17-1-5-21-9-13(17)25-15-11-23-7-3-19(15)30(28)20-4-8-24-12-16(20)26-14-10-22-6-2-18(14)29/h1-12,25-26,29-30H. The van der Waals surface area contributed by atoms with Crippen LogP contribution in [0.5, 0.6) is 0 Å². The lowest BCUT2D eigenvalue weighted by Gasteiger charge is -2.19. The van der Waals surface area contributed by atoms with Crippen LogP contribution in [0, 0.1) is 0 Å². The van der Waals surface area contributed by atoms with Crippen LogP contribution in [0.25, 0.3) is 0 Å². The third kappa shape index (κ3) is 3.30. The van der Waals surface area contributed by atoms with Gasteiger partial charge in [0, 0.05) is 46.0 Å². The summed E-state index contributed by atoms with van der Waals surface area (Å²) in [4.78, 5) is 16.7. The molecule has 0 amide bonds. The lowest BCUT2D eigenvalue weighted by atomic mass is 10.3. The summed E-state index contributed by atoms with van der Waals surface area (Å²) in [7, 11) is -4.83. The van der Waals surface area contributed by atoms with Crippen LogP contribution >= 0.6 is 15.6 Å². The smallest absolute Gasteiger partial charge is 0.136 e. The molecule has 4 aromatic heterocycles. The first kappa shape index (κ1) is 18.7. The molecule has 5 rings (SSSR count). The largest absolute Gasteiger partial charge is 0.352 e. The van der Waals surface area contributed by atoms with Crippen molar-refractivity contribution in [3.63, 3.8) is 0 Å². The Morgan fingerprint density at radius 3 is 1.03 bits per heavy atom. The summed E-state index contributed by atoms with van der Waals surface area (Å²) in [6.07, 6.45) is 12.9. The van der Waals surface area contributed by atoms with Gasteiger partial charge >= 0.3 is 0 Å². The van der Waals surface area contributed by atoms with Gasteiger partial charge in [0.05, 0.1) is 47.5 Å². The monoisotopic (exact) mass is 434 g/mol. The van der Waals surface area contributed by atoms with Crippen molar-refractivity contribution < 1.29 is 9.13 Å². The van der Waals surface area contributed by atoms with Crippen LogP contribution in [0.3, 0.4) is 0 Å². The third-order valence-corrected chi connectivity index (χ3v) is 8.50. The molecule has 0 radical (unpaired) electrons. The molecular formula is C20H16N6O2P2. The first-order valence-corrected chi connectivity index (χ1v) is 11.9. The summed E-state index contributed by atoms with van der Waals surface area (Å²) in [5.74, 6) is 0. The van der Waals surface area contributed by atoms with E-state index in [0.717, 1.165) is 0 Å². The van der Waals surface area contributed by atoms with E-state index in [1.165, 1.54) is 0 Å². The number of fused-ring (bicyclic) bond motifs is 4. The van der Waals surface area contributed by atoms with E-state index in [1.54, 1.807) is 73.8 Å². The Labute approximate surface area is 173 Å². The summed E-state index contributed by atoms with van der Waals surface area (Å²) < 4.78 is 27.2. The number of hydrogen-bond acceptors (Lipinski definition) is 8. The van der Waals surface area contributed by atoms with Crippen LogP contribution in [-0.2, 0) is 9.13 Å². The van der Waals surface area contributed by atoms with E-state index in [2.05, 4.69) is 30.6 Å². The molecule has 0 atom stereocenters. The Bertz CT molecular complexity index is 1120. The van der Waals surface area contributed by atoms with E-state index < -0.39 is 15.6 Å². The number of rotatable bonds is 0. The van der Waals surface area contributed by atoms with Gasteiger partial charge in [-0.3, -0.25) is 19.9 Å². The van der Waals surface area contributed by atoms with Gasteiger partial charge in [-0.1, -0.05) is 0 Å². The van der Waals surface area contributed by atoms with Crippen LogP contribution in [0.4, 0.5) is 22.7 Å². The molecule has 30 heavy (non-hydrogen) atoms. The Kier molecular flexibility index (Phi) is 4.87. The maximum atomic E-state index is 13.6. The van der Waals surface area contributed by atoms with E-state index in [-0.39, 0.29) is 0 Å². The second-order valence-corrected chi connectivity index (χ2v) is 10.1. The van der Waals surface area contributed by atoms with Gasteiger partial charge in [0.1, 0.15) is 15.6 Å². The molecule has 2 N–H and O–H groups in total. The highest BCUT2D eigenvalue weighted by Gasteiger charge is 2.21.